The van der Waals surface area contributed by atoms with Crippen molar-refractivity contribution in [1.29, 1.82) is 0 Å². The van der Waals surface area contributed by atoms with Crippen molar-refractivity contribution >= 4 is 6.08 Å². The van der Waals surface area contributed by atoms with Crippen LogP contribution in [-0.4, -0.2) is 13.6 Å². The quantitative estimate of drug-likeness (QED) is 0.817. The second-order valence-corrected chi connectivity index (χ2v) is 3.05. The zero-order valence-electron chi connectivity index (χ0n) is 8.31. The van der Waals surface area contributed by atoms with Gasteiger partial charge in [0.2, 0.25) is 0 Å². The highest BCUT2D eigenvalue weighted by molar-refractivity contribution is 5.54. The molecule has 0 atom stereocenters. The van der Waals surface area contributed by atoms with Crippen LogP contribution in [0.1, 0.15) is 11.1 Å². The standard InChI is InChI=1S/C11H12F3N/c1-15-8-4-6-9-5-2-3-7-10(9)11(12,13)14/h2-7,15H,8H2,1H3/b6-4+. The molecular weight excluding hydrogens is 203 g/mol. The minimum atomic E-state index is -4.29. The van der Waals surface area contributed by atoms with Crippen molar-refractivity contribution in [2.75, 3.05) is 13.6 Å². The van der Waals surface area contributed by atoms with Gasteiger partial charge in [0.05, 0.1) is 5.56 Å². The number of hydrogen-bond donors (Lipinski definition) is 1. The van der Waals surface area contributed by atoms with Crippen LogP contribution in [0.15, 0.2) is 30.3 Å². The van der Waals surface area contributed by atoms with E-state index in [2.05, 4.69) is 5.32 Å². The van der Waals surface area contributed by atoms with E-state index >= 15 is 0 Å². The normalized spacial score (nSPS) is 12.3. The summed E-state index contributed by atoms with van der Waals surface area (Å²) in [7, 11) is 1.74. The average molecular weight is 215 g/mol. The maximum absolute atomic E-state index is 12.5. The first-order valence-electron chi connectivity index (χ1n) is 4.53. The van der Waals surface area contributed by atoms with Crippen LogP contribution in [0.5, 0.6) is 0 Å². The molecule has 0 fully saturated rings. The minimum absolute atomic E-state index is 0.195. The van der Waals surface area contributed by atoms with Gasteiger partial charge in [-0.1, -0.05) is 30.4 Å². The van der Waals surface area contributed by atoms with Gasteiger partial charge in [-0.3, -0.25) is 0 Å². The Labute approximate surface area is 86.6 Å². The Morgan fingerprint density at radius 1 is 1.27 bits per heavy atom. The van der Waals surface area contributed by atoms with E-state index < -0.39 is 11.7 Å². The van der Waals surface area contributed by atoms with Gasteiger partial charge in [-0.05, 0) is 18.7 Å². The summed E-state index contributed by atoms with van der Waals surface area (Å²) in [6.45, 7) is 0.548. The van der Waals surface area contributed by atoms with Gasteiger partial charge in [-0.25, -0.2) is 0 Å². The second-order valence-electron chi connectivity index (χ2n) is 3.05. The van der Waals surface area contributed by atoms with Gasteiger partial charge in [-0.2, -0.15) is 13.2 Å². The van der Waals surface area contributed by atoms with Crippen LogP contribution in [0.3, 0.4) is 0 Å². The third-order valence-electron chi connectivity index (χ3n) is 1.89. The molecule has 0 saturated heterocycles. The van der Waals surface area contributed by atoms with E-state index in [1.165, 1.54) is 18.2 Å². The zero-order valence-corrected chi connectivity index (χ0v) is 8.31. The Bertz CT molecular complexity index is 342. The summed E-state index contributed by atoms with van der Waals surface area (Å²) in [6, 6.07) is 5.51. The number of likely N-dealkylation sites (N-methyl/N-ethyl adjacent to an activating group) is 1. The summed E-state index contributed by atoms with van der Waals surface area (Å²) < 4.78 is 37.5. The van der Waals surface area contributed by atoms with Gasteiger partial charge in [-0.15, -0.1) is 0 Å². The van der Waals surface area contributed by atoms with Crippen LogP contribution in [0.4, 0.5) is 13.2 Å². The monoisotopic (exact) mass is 215 g/mol. The third kappa shape index (κ3) is 3.40. The summed E-state index contributed by atoms with van der Waals surface area (Å²) in [4.78, 5) is 0. The van der Waals surface area contributed by atoms with Gasteiger partial charge in [0.25, 0.3) is 0 Å². The first kappa shape index (κ1) is 11.8. The number of alkyl halides is 3. The number of halogens is 3. The van der Waals surface area contributed by atoms with Crippen molar-refractivity contribution in [3.63, 3.8) is 0 Å². The largest absolute Gasteiger partial charge is 0.416 e. The van der Waals surface area contributed by atoms with E-state index in [0.29, 0.717) is 6.54 Å². The Morgan fingerprint density at radius 2 is 1.93 bits per heavy atom. The molecule has 1 nitrogen and oxygen atoms in total. The molecule has 0 spiro atoms. The number of rotatable bonds is 3. The summed E-state index contributed by atoms with van der Waals surface area (Å²) in [6.07, 6.45) is -1.16. The Balaban J connectivity index is 2.97. The van der Waals surface area contributed by atoms with Crippen LogP contribution >= 0.6 is 0 Å². The van der Waals surface area contributed by atoms with Gasteiger partial charge in [0.15, 0.2) is 0 Å². The molecule has 4 heteroatoms. The molecule has 0 aliphatic heterocycles. The molecule has 0 aliphatic rings. The van der Waals surface area contributed by atoms with Crippen molar-refractivity contribution in [1.82, 2.24) is 5.32 Å². The lowest BCUT2D eigenvalue weighted by molar-refractivity contribution is -0.137. The Hall–Kier alpha value is -1.29. The SMILES string of the molecule is CNC/C=C/c1ccccc1C(F)(F)F. The van der Waals surface area contributed by atoms with E-state index in [4.69, 9.17) is 0 Å². The van der Waals surface area contributed by atoms with E-state index in [9.17, 15) is 13.2 Å². The summed E-state index contributed by atoms with van der Waals surface area (Å²) in [5, 5.41) is 2.83. The molecule has 15 heavy (non-hydrogen) atoms. The molecular formula is C11H12F3N. The second kappa shape index (κ2) is 4.98. The summed E-state index contributed by atoms with van der Waals surface area (Å²) >= 11 is 0. The van der Waals surface area contributed by atoms with Gasteiger partial charge < -0.3 is 5.32 Å². The Kier molecular flexibility index (Phi) is 3.91. The highest BCUT2D eigenvalue weighted by atomic mass is 19.4. The lowest BCUT2D eigenvalue weighted by atomic mass is 10.1. The third-order valence-corrected chi connectivity index (χ3v) is 1.89. The number of benzene rings is 1. The molecule has 1 N–H and O–H groups in total. The zero-order chi connectivity index (χ0) is 11.3. The number of nitrogens with one attached hydrogen (secondary N) is 1. The van der Waals surface area contributed by atoms with Gasteiger partial charge >= 0.3 is 6.18 Å². The molecule has 0 aliphatic carbocycles. The van der Waals surface area contributed by atoms with Crippen molar-refractivity contribution in [3.05, 3.63) is 41.5 Å². The molecule has 0 bridgehead atoms. The van der Waals surface area contributed by atoms with Crippen LogP contribution in [0.2, 0.25) is 0 Å². The van der Waals surface area contributed by atoms with E-state index in [1.807, 2.05) is 0 Å². The maximum atomic E-state index is 12.5. The lowest BCUT2D eigenvalue weighted by Crippen LogP contribution is -2.07. The summed E-state index contributed by atoms with van der Waals surface area (Å²) in [5.74, 6) is 0. The first-order valence-corrected chi connectivity index (χ1v) is 4.53. The Morgan fingerprint density at radius 3 is 2.53 bits per heavy atom. The van der Waals surface area contributed by atoms with Crippen molar-refractivity contribution < 1.29 is 13.2 Å². The molecule has 0 saturated carbocycles. The van der Waals surface area contributed by atoms with Crippen LogP contribution in [0, 0.1) is 0 Å². The van der Waals surface area contributed by atoms with Crippen molar-refractivity contribution in [3.8, 4) is 0 Å². The molecule has 0 unspecified atom stereocenters. The highest BCUT2D eigenvalue weighted by Crippen LogP contribution is 2.32. The van der Waals surface area contributed by atoms with Crippen molar-refractivity contribution in [2.45, 2.75) is 6.18 Å². The van der Waals surface area contributed by atoms with Crippen LogP contribution < -0.4 is 5.32 Å². The van der Waals surface area contributed by atoms with E-state index in [1.54, 1.807) is 19.2 Å². The smallest absolute Gasteiger partial charge is 0.316 e. The molecule has 0 radical (unpaired) electrons. The molecule has 1 aromatic carbocycles. The fraction of sp³-hybridized carbons (Fsp3) is 0.273. The average Bonchev–Trinajstić information content (AvgIpc) is 2.17. The lowest BCUT2D eigenvalue weighted by Gasteiger charge is -2.09. The molecule has 0 heterocycles. The maximum Gasteiger partial charge on any atom is 0.416 e. The van der Waals surface area contributed by atoms with Gasteiger partial charge in [0.1, 0.15) is 0 Å². The van der Waals surface area contributed by atoms with E-state index in [-0.39, 0.29) is 5.56 Å². The van der Waals surface area contributed by atoms with Crippen LogP contribution in [0.25, 0.3) is 6.08 Å². The first-order chi connectivity index (χ1) is 7.05. The molecule has 0 aromatic heterocycles. The highest BCUT2D eigenvalue weighted by Gasteiger charge is 2.32. The molecule has 82 valence electrons. The fourth-order valence-electron chi connectivity index (χ4n) is 1.20. The fourth-order valence-corrected chi connectivity index (χ4v) is 1.20. The van der Waals surface area contributed by atoms with Crippen molar-refractivity contribution in [2.24, 2.45) is 0 Å². The predicted molar refractivity (Wildman–Crippen MR) is 54.4 cm³/mol. The topological polar surface area (TPSA) is 12.0 Å². The van der Waals surface area contributed by atoms with E-state index in [0.717, 1.165) is 6.07 Å². The molecule has 0 amide bonds. The molecule has 1 aromatic rings. The molecule has 1 rings (SSSR count). The summed E-state index contributed by atoms with van der Waals surface area (Å²) in [5.41, 5.74) is -0.405. The van der Waals surface area contributed by atoms with Crippen LogP contribution in [-0.2, 0) is 6.18 Å². The number of hydrogen-bond acceptors (Lipinski definition) is 1. The minimum Gasteiger partial charge on any atom is -0.316 e. The predicted octanol–water partition coefficient (Wildman–Crippen LogP) is 2.94. The van der Waals surface area contributed by atoms with Gasteiger partial charge in [0, 0.05) is 6.54 Å².